The molecule has 0 aliphatic heterocycles. The molecular formula is C23H17BrFNO3S2. The molecule has 4 nitrogen and oxygen atoms in total. The highest BCUT2D eigenvalue weighted by molar-refractivity contribution is 9.10. The van der Waals surface area contributed by atoms with E-state index in [1.807, 2.05) is 24.3 Å². The lowest BCUT2D eigenvalue weighted by molar-refractivity contribution is 0.102. The predicted molar refractivity (Wildman–Crippen MR) is 126 cm³/mol. The van der Waals surface area contributed by atoms with Gasteiger partial charge < -0.3 is 0 Å². The summed E-state index contributed by atoms with van der Waals surface area (Å²) in [5.74, 6) is -0.625. The zero-order valence-corrected chi connectivity index (χ0v) is 19.6. The lowest BCUT2D eigenvalue weighted by atomic mass is 10.1. The van der Waals surface area contributed by atoms with E-state index >= 15 is 0 Å². The van der Waals surface area contributed by atoms with Crippen molar-refractivity contribution in [3.05, 3.63) is 94.2 Å². The first-order valence-electron chi connectivity index (χ1n) is 9.32. The standard InChI is InChI=1S/C23H17BrFNO3S2/c1-15(27)22-20-4-2-3-5-21(20)30-23(22)26(14-16-6-10-18(25)11-7-16)31(28,29)19-12-8-17(24)9-13-19/h2-13H,14H2,1H3. The molecule has 158 valence electrons. The molecule has 4 aromatic rings. The number of Topliss-reactive ketones (excluding diaryl/α,β-unsaturated/α-hetero) is 1. The molecule has 3 aromatic carbocycles. The van der Waals surface area contributed by atoms with Crippen LogP contribution in [0.1, 0.15) is 22.8 Å². The number of hydrogen-bond donors (Lipinski definition) is 0. The van der Waals surface area contributed by atoms with Gasteiger partial charge >= 0.3 is 0 Å². The normalized spacial score (nSPS) is 11.6. The van der Waals surface area contributed by atoms with Crippen LogP contribution in [0.5, 0.6) is 0 Å². The summed E-state index contributed by atoms with van der Waals surface area (Å²) in [6.07, 6.45) is 0. The molecule has 1 aromatic heterocycles. The van der Waals surface area contributed by atoms with Gasteiger partial charge in [0.1, 0.15) is 10.8 Å². The van der Waals surface area contributed by atoms with Gasteiger partial charge in [0.2, 0.25) is 0 Å². The Hall–Kier alpha value is -2.55. The van der Waals surface area contributed by atoms with Gasteiger partial charge in [-0.1, -0.05) is 46.3 Å². The Bertz CT molecular complexity index is 1360. The maximum atomic E-state index is 13.7. The number of thiophene rings is 1. The van der Waals surface area contributed by atoms with Crippen LogP contribution in [-0.4, -0.2) is 14.2 Å². The smallest absolute Gasteiger partial charge is 0.265 e. The van der Waals surface area contributed by atoms with Crippen molar-refractivity contribution >= 4 is 58.2 Å². The fraction of sp³-hybridized carbons (Fsp3) is 0.0870. The number of ketones is 1. The zero-order chi connectivity index (χ0) is 22.2. The fourth-order valence-electron chi connectivity index (χ4n) is 3.30. The van der Waals surface area contributed by atoms with E-state index in [4.69, 9.17) is 0 Å². The molecule has 0 N–H and O–H groups in total. The highest BCUT2D eigenvalue weighted by atomic mass is 79.9. The van der Waals surface area contributed by atoms with Crippen molar-refractivity contribution in [2.24, 2.45) is 0 Å². The van der Waals surface area contributed by atoms with Crippen molar-refractivity contribution < 1.29 is 17.6 Å². The number of halogens is 2. The molecule has 4 rings (SSSR count). The zero-order valence-electron chi connectivity index (χ0n) is 16.4. The van der Waals surface area contributed by atoms with Gasteiger partial charge in [-0.15, -0.1) is 11.3 Å². The molecule has 31 heavy (non-hydrogen) atoms. The quantitative estimate of drug-likeness (QED) is 0.278. The minimum atomic E-state index is -4.01. The van der Waals surface area contributed by atoms with Crippen molar-refractivity contribution in [3.8, 4) is 0 Å². The van der Waals surface area contributed by atoms with E-state index in [1.165, 1.54) is 46.8 Å². The Balaban J connectivity index is 1.94. The second kappa shape index (κ2) is 8.53. The topological polar surface area (TPSA) is 54.5 Å². The molecule has 0 fully saturated rings. The number of fused-ring (bicyclic) bond motifs is 1. The molecule has 0 unspecified atom stereocenters. The second-order valence-electron chi connectivity index (χ2n) is 6.93. The number of nitrogens with zero attached hydrogens (tertiary/aromatic N) is 1. The van der Waals surface area contributed by atoms with Crippen LogP contribution in [0.25, 0.3) is 10.1 Å². The van der Waals surface area contributed by atoms with E-state index in [0.29, 0.717) is 21.5 Å². The van der Waals surface area contributed by atoms with Gasteiger partial charge in [-0.2, -0.15) is 0 Å². The highest BCUT2D eigenvalue weighted by Gasteiger charge is 2.31. The predicted octanol–water partition coefficient (Wildman–Crippen LogP) is 6.40. The molecule has 0 saturated carbocycles. The summed E-state index contributed by atoms with van der Waals surface area (Å²) in [6, 6.07) is 19.3. The number of benzene rings is 3. The van der Waals surface area contributed by atoms with Gasteiger partial charge in [0.05, 0.1) is 17.0 Å². The third-order valence-electron chi connectivity index (χ3n) is 4.80. The van der Waals surface area contributed by atoms with Crippen LogP contribution in [0.15, 0.2) is 82.2 Å². The molecule has 0 amide bonds. The summed E-state index contributed by atoms with van der Waals surface area (Å²) in [6.45, 7) is 1.39. The van der Waals surface area contributed by atoms with Crippen LogP contribution in [0.3, 0.4) is 0 Å². The average Bonchev–Trinajstić information content (AvgIpc) is 3.12. The van der Waals surface area contributed by atoms with Gasteiger partial charge in [0.25, 0.3) is 10.0 Å². The molecule has 0 atom stereocenters. The van der Waals surface area contributed by atoms with Crippen molar-refractivity contribution in [3.63, 3.8) is 0 Å². The fourth-order valence-corrected chi connectivity index (χ4v) is 6.49. The summed E-state index contributed by atoms with van der Waals surface area (Å²) in [5.41, 5.74) is 0.970. The van der Waals surface area contributed by atoms with E-state index in [1.54, 1.807) is 24.3 Å². The van der Waals surface area contributed by atoms with E-state index in [0.717, 1.165) is 9.17 Å². The van der Waals surface area contributed by atoms with Gasteiger partial charge in [-0.05, 0) is 55.0 Å². The number of hydrogen-bond acceptors (Lipinski definition) is 4. The van der Waals surface area contributed by atoms with Crippen LogP contribution < -0.4 is 4.31 Å². The summed E-state index contributed by atoms with van der Waals surface area (Å²) < 4.78 is 43.6. The molecule has 0 saturated heterocycles. The monoisotopic (exact) mass is 517 g/mol. The molecular weight excluding hydrogens is 501 g/mol. The van der Waals surface area contributed by atoms with Gasteiger partial charge in [0, 0.05) is 14.6 Å². The van der Waals surface area contributed by atoms with Crippen LogP contribution in [0.4, 0.5) is 9.39 Å². The maximum Gasteiger partial charge on any atom is 0.265 e. The van der Waals surface area contributed by atoms with Crippen LogP contribution in [0.2, 0.25) is 0 Å². The van der Waals surface area contributed by atoms with Crippen molar-refractivity contribution in [1.82, 2.24) is 0 Å². The first kappa shape index (κ1) is 21.7. The molecule has 0 spiro atoms. The number of carbonyl (C=O) groups is 1. The SMILES string of the molecule is CC(=O)c1c(N(Cc2ccc(F)cc2)S(=O)(=O)c2ccc(Br)cc2)sc2ccccc12. The Morgan fingerprint density at radius 2 is 1.65 bits per heavy atom. The highest BCUT2D eigenvalue weighted by Crippen LogP contribution is 2.41. The van der Waals surface area contributed by atoms with Crippen molar-refractivity contribution in [1.29, 1.82) is 0 Å². The van der Waals surface area contributed by atoms with E-state index in [-0.39, 0.29) is 17.2 Å². The number of rotatable bonds is 6. The molecule has 0 aliphatic carbocycles. The minimum absolute atomic E-state index is 0.0359. The van der Waals surface area contributed by atoms with Crippen molar-refractivity contribution in [2.45, 2.75) is 18.4 Å². The minimum Gasteiger partial charge on any atom is -0.294 e. The Morgan fingerprint density at radius 3 is 2.29 bits per heavy atom. The van der Waals surface area contributed by atoms with Crippen LogP contribution in [0, 0.1) is 5.82 Å². The third-order valence-corrected chi connectivity index (χ3v) is 8.39. The van der Waals surface area contributed by atoms with E-state index in [9.17, 15) is 17.6 Å². The van der Waals surface area contributed by atoms with Crippen LogP contribution in [-0.2, 0) is 16.6 Å². The lowest BCUT2D eigenvalue weighted by Crippen LogP contribution is -2.31. The number of anilines is 1. The second-order valence-corrected chi connectivity index (χ2v) is 10.7. The largest absolute Gasteiger partial charge is 0.294 e. The molecule has 8 heteroatoms. The van der Waals surface area contributed by atoms with E-state index in [2.05, 4.69) is 15.9 Å². The number of sulfonamides is 1. The van der Waals surface area contributed by atoms with Crippen LogP contribution >= 0.6 is 27.3 Å². The van der Waals surface area contributed by atoms with E-state index < -0.39 is 15.8 Å². The summed E-state index contributed by atoms with van der Waals surface area (Å²) >= 11 is 4.57. The summed E-state index contributed by atoms with van der Waals surface area (Å²) in [4.78, 5) is 12.7. The first-order valence-corrected chi connectivity index (χ1v) is 12.4. The Morgan fingerprint density at radius 1 is 1.00 bits per heavy atom. The maximum absolute atomic E-state index is 13.7. The van der Waals surface area contributed by atoms with Gasteiger partial charge in [-0.3, -0.25) is 9.10 Å². The van der Waals surface area contributed by atoms with Gasteiger partial charge in [0.15, 0.2) is 5.78 Å². The Labute approximate surface area is 192 Å². The van der Waals surface area contributed by atoms with Gasteiger partial charge in [-0.25, -0.2) is 12.8 Å². The summed E-state index contributed by atoms with van der Waals surface area (Å²) in [7, 11) is -4.01. The lowest BCUT2D eigenvalue weighted by Gasteiger charge is -2.24. The molecule has 0 bridgehead atoms. The number of carbonyl (C=O) groups excluding carboxylic acids is 1. The first-order chi connectivity index (χ1) is 14.8. The van der Waals surface area contributed by atoms with Crippen molar-refractivity contribution in [2.75, 3.05) is 4.31 Å². The molecule has 0 aliphatic rings. The molecule has 0 radical (unpaired) electrons. The summed E-state index contributed by atoms with van der Waals surface area (Å²) in [5, 5.41) is 1.06. The third kappa shape index (κ3) is 4.28. The average molecular weight is 518 g/mol. The Kier molecular flexibility index (Phi) is 5.96. The molecule has 1 heterocycles.